The number of hydrogen-bond donors (Lipinski definition) is 2. The molecular weight excluding hydrogens is 1550 g/mol. The maximum absolute atomic E-state index is 10.6. The lowest BCUT2D eigenvalue weighted by molar-refractivity contribution is 0.0684. The van der Waals surface area contributed by atoms with Crippen molar-refractivity contribution in [2.45, 2.75) is 0 Å². The molecule has 18 nitrogen and oxygen atoms in total. The van der Waals surface area contributed by atoms with Gasteiger partial charge in [-0.1, -0.05) is 12.1 Å². The lowest BCUT2D eigenvalue weighted by atomic mass is 10.3. The fraction of sp³-hybridized carbons (Fsp3) is 0. The van der Waals surface area contributed by atoms with Crippen LogP contribution in [0.15, 0.2) is 36.4 Å². The average Bonchev–Trinajstić information content (AvgIpc) is 3.02. The molecule has 50 heteroatoms. The molecule has 2 aromatic rings. The van der Waals surface area contributed by atoms with E-state index in [1.807, 2.05) is 0 Å². The molecule has 0 atom stereocenters. The number of halogens is 22. The summed E-state index contributed by atoms with van der Waals surface area (Å²) in [6, 6.07) is 8.08. The Labute approximate surface area is 484 Å². The summed E-state index contributed by atoms with van der Waals surface area (Å²) < 4.78 is 90.9. The summed E-state index contributed by atoms with van der Waals surface area (Å²) in [5.74, 6) is -2.48. The van der Waals surface area contributed by atoms with Crippen molar-refractivity contribution in [2.24, 2.45) is 0 Å². The minimum absolute atomic E-state index is 0.0168. The van der Waals surface area contributed by atoms with E-state index in [9.17, 15) is 19.2 Å². The van der Waals surface area contributed by atoms with Crippen LogP contribution in [0.1, 0.15) is 42.0 Å². The van der Waals surface area contributed by atoms with E-state index < -0.39 is 115 Å². The largest absolute Gasteiger partial charge is 0.477 e. The van der Waals surface area contributed by atoms with E-state index in [4.69, 9.17) is 75.5 Å². The summed E-state index contributed by atoms with van der Waals surface area (Å²) in [5.41, 5.74) is -0.504. The van der Waals surface area contributed by atoms with Gasteiger partial charge in [-0.3, -0.25) is 9.59 Å². The monoisotopic (exact) mass is 1550 g/mol. The zero-order valence-electron chi connectivity index (χ0n) is 27.4. The van der Waals surface area contributed by atoms with Crippen molar-refractivity contribution in [3.8, 4) is 0 Å². The van der Waals surface area contributed by atoms with Crippen LogP contribution in [0.2, 0.25) is 0 Å². The minimum atomic E-state index is -1.67. The SMILES string of the molecule is O=C(Cl)c1cccc(C(=O)Cl)n1.O=C(O)c1cccc(C(=O)O)n1.O=S(Cl)Cl.O=S(Cl)Cl.O=S(Cl)Cl.O=S(Cl)Cl.O=S(Cl)Cl.O=S(Cl)Cl.O=S(Cl)Cl.O=S(Cl)Cl.O=S(Cl)Cl.O=S(Cl)Cl. The van der Waals surface area contributed by atoms with Gasteiger partial charge in [0.2, 0.25) is 92.3 Å². The molecule has 0 unspecified atom stereocenters. The molecule has 2 N–H and O–H groups in total. The van der Waals surface area contributed by atoms with Crippen LogP contribution < -0.4 is 0 Å². The average molecular weight is 1560 g/mol. The van der Waals surface area contributed by atoms with Gasteiger partial charge in [0.05, 0.1) is 0 Å². The number of pyridine rings is 2. The van der Waals surface area contributed by atoms with Crippen molar-refractivity contribution in [3.05, 3.63) is 59.2 Å². The number of carbonyl (C=O) groups is 4. The quantitative estimate of drug-likeness (QED) is 0.269. The van der Waals surface area contributed by atoms with Gasteiger partial charge < -0.3 is 10.2 Å². The second-order valence-corrected chi connectivity index (χ2v) is 31.7. The topological polar surface area (TPSA) is 305 Å². The van der Waals surface area contributed by atoms with E-state index in [0.717, 1.165) is 0 Å². The molecule has 0 radical (unpaired) electrons. The predicted molar refractivity (Wildman–Crippen MR) is 281 cm³/mol. The van der Waals surface area contributed by atoms with Gasteiger partial charge in [0, 0.05) is 214 Å². The molecule has 0 aliphatic heterocycles. The van der Waals surface area contributed by atoms with E-state index in [1.54, 1.807) is 0 Å². The van der Waals surface area contributed by atoms with E-state index in [0.29, 0.717) is 0 Å². The van der Waals surface area contributed by atoms with Crippen molar-refractivity contribution >= 4 is 352 Å². The van der Waals surface area contributed by atoms with Gasteiger partial charge in [0.1, 0.15) is 22.8 Å². The molecule has 0 bridgehead atoms. The highest BCUT2D eigenvalue weighted by atomic mass is 36.0. The number of carboxylic acids is 2. The Hall–Kier alpha value is 4.46. The zero-order chi connectivity index (χ0) is 54.0. The van der Waals surface area contributed by atoms with Crippen molar-refractivity contribution in [2.75, 3.05) is 0 Å². The van der Waals surface area contributed by atoms with Crippen molar-refractivity contribution in [1.29, 1.82) is 0 Å². The van der Waals surface area contributed by atoms with Crippen LogP contribution in [0.25, 0.3) is 0 Å². The third-order valence-electron chi connectivity index (χ3n) is 2.34. The lowest BCUT2D eigenvalue weighted by Crippen LogP contribution is -2.06. The maximum Gasteiger partial charge on any atom is 0.354 e. The minimum Gasteiger partial charge on any atom is -0.477 e. The molecule has 0 amide bonds. The normalized spacial score (nSPS) is 9.00. The number of rotatable bonds is 4. The fourth-order valence-corrected chi connectivity index (χ4v) is 1.54. The van der Waals surface area contributed by atoms with Gasteiger partial charge in [0.25, 0.3) is 10.5 Å². The first-order valence-electron chi connectivity index (χ1n) is 10.8. The molecule has 0 saturated carbocycles. The summed E-state index contributed by atoms with van der Waals surface area (Å²) in [6.07, 6.45) is 0. The molecule has 2 rings (SSSR count). The Kier molecular flexibility index (Phi) is 96.1. The molecule has 384 valence electrons. The summed E-state index contributed by atoms with van der Waals surface area (Å²) in [5, 5.41) is 15.4. The highest BCUT2D eigenvalue weighted by Gasteiger charge is 2.09. The predicted octanol–water partition coefficient (Wildman–Crippen LogP) is 12.7. The summed E-state index contributed by atoms with van der Waals surface area (Å²) in [4.78, 5) is 48.8. The van der Waals surface area contributed by atoms with Crippen LogP contribution in [-0.4, -0.2) is 84.7 Å². The molecule has 0 spiro atoms. The van der Waals surface area contributed by atoms with Gasteiger partial charge in [0.15, 0.2) is 0 Å². The van der Waals surface area contributed by atoms with Crippen LogP contribution in [0.4, 0.5) is 0 Å². The molecule has 0 aliphatic carbocycles. The zero-order valence-corrected chi connectivity index (χ0v) is 52.2. The molecular formula is C14H8Cl22N2O16S10. The van der Waals surface area contributed by atoms with Crippen LogP contribution >= 0.6 is 237 Å². The summed E-state index contributed by atoms with van der Waals surface area (Å²) in [7, 11) is 73.6. The van der Waals surface area contributed by atoms with Crippen molar-refractivity contribution < 1.29 is 71.5 Å². The molecule has 64 heavy (non-hydrogen) atoms. The number of nitrogens with zero attached hydrogens (tertiary/aromatic N) is 2. The van der Waals surface area contributed by atoms with Gasteiger partial charge in [-0.05, 0) is 47.5 Å². The fourth-order valence-electron chi connectivity index (χ4n) is 1.33. The number of carboxylic acid groups (broad SMARTS) is 2. The highest BCUT2D eigenvalue weighted by Crippen LogP contribution is 2.05. The first-order chi connectivity index (χ1) is 28.5. The second kappa shape index (κ2) is 67.5. The Morgan fingerprint density at radius 3 is 0.531 bits per heavy atom. The number of aromatic carboxylic acids is 2. The summed E-state index contributed by atoms with van der Waals surface area (Å²) in [6.45, 7) is 0. The van der Waals surface area contributed by atoms with Gasteiger partial charge in [-0.25, -0.2) is 61.6 Å². The maximum atomic E-state index is 10.6. The number of carbonyl (C=O) groups excluding carboxylic acids is 2. The van der Waals surface area contributed by atoms with Crippen LogP contribution in [0, 0.1) is 0 Å². The Morgan fingerprint density at radius 2 is 0.422 bits per heavy atom. The van der Waals surface area contributed by atoms with E-state index in [1.165, 1.54) is 36.4 Å². The first kappa shape index (κ1) is 91.2. The Balaban J connectivity index is -0.0000000649. The second-order valence-electron chi connectivity index (χ2n) is 5.82. The Bertz CT molecular complexity index is 1460. The number of aromatic nitrogens is 2. The molecule has 0 saturated heterocycles. The molecule has 0 aliphatic rings. The smallest absolute Gasteiger partial charge is 0.354 e. The third-order valence-corrected chi connectivity index (χ3v) is 2.73. The van der Waals surface area contributed by atoms with E-state index in [-0.39, 0.29) is 22.8 Å². The van der Waals surface area contributed by atoms with Crippen LogP contribution in [0.3, 0.4) is 0 Å². The highest BCUT2D eigenvalue weighted by molar-refractivity contribution is 8.29. The van der Waals surface area contributed by atoms with Gasteiger partial charge in [-0.15, -0.1) is 0 Å². The molecule has 2 heterocycles. The van der Waals surface area contributed by atoms with Crippen LogP contribution in [-0.2, 0) is 92.3 Å². The van der Waals surface area contributed by atoms with E-state index in [2.05, 4.69) is 224 Å². The van der Waals surface area contributed by atoms with Gasteiger partial charge >= 0.3 is 11.9 Å². The summed E-state index contributed by atoms with van der Waals surface area (Å²) >= 11 is 10.2. The first-order valence-corrected chi connectivity index (χ1v) is 39.6. The lowest BCUT2D eigenvalue weighted by Gasteiger charge is -1.94. The third kappa shape index (κ3) is 174. The molecule has 0 fully saturated rings. The van der Waals surface area contributed by atoms with Crippen molar-refractivity contribution in [1.82, 2.24) is 9.97 Å². The van der Waals surface area contributed by atoms with E-state index >= 15 is 0 Å². The standard InChI is InChI=1S/C7H3Cl2NO2.C7H5NO4.10Cl2OS/c8-6(11)4-2-1-3-5(10-4)7(9)12;9-6(10)4-2-1-3-5(8-4)7(11)12;10*1-4(2)3/h1-3H;1-3H,(H,9,10)(H,11,12);;;;;;;;;;. The van der Waals surface area contributed by atoms with Gasteiger partial charge in [-0.2, -0.15) is 0 Å². The number of hydrogen-bond acceptors (Lipinski definition) is 16. The molecule has 0 aromatic carbocycles. The van der Waals surface area contributed by atoms with Crippen LogP contribution in [0.5, 0.6) is 0 Å². The van der Waals surface area contributed by atoms with Crippen molar-refractivity contribution in [3.63, 3.8) is 0 Å². The Morgan fingerprint density at radius 1 is 0.312 bits per heavy atom. The molecule has 2 aromatic heterocycles.